The average Bonchev–Trinajstić information content (AvgIpc) is 2.52. The summed E-state index contributed by atoms with van der Waals surface area (Å²) in [7, 11) is 0. The summed E-state index contributed by atoms with van der Waals surface area (Å²) in [5.74, 6) is -1.42. The first-order valence-corrected chi connectivity index (χ1v) is 7.44. The lowest BCUT2D eigenvalue weighted by atomic mass is 10.2. The van der Waals surface area contributed by atoms with Crippen molar-refractivity contribution in [2.24, 2.45) is 5.92 Å². The molecule has 0 saturated heterocycles. The van der Waals surface area contributed by atoms with Crippen LogP contribution in [0.3, 0.4) is 0 Å². The number of esters is 1. The topological polar surface area (TPSA) is 93.7 Å². The van der Waals surface area contributed by atoms with Crippen molar-refractivity contribution in [1.82, 2.24) is 10.6 Å². The van der Waals surface area contributed by atoms with E-state index in [0.717, 1.165) is 0 Å². The maximum Gasteiger partial charge on any atom is 0.347 e. The Hall–Kier alpha value is -2.64. The number of benzene rings is 1. The molecule has 1 aromatic rings. The van der Waals surface area contributed by atoms with Crippen molar-refractivity contribution in [2.45, 2.75) is 26.9 Å². The molecule has 0 aliphatic heterocycles. The van der Waals surface area contributed by atoms with E-state index in [0.29, 0.717) is 12.3 Å². The first-order valence-electron chi connectivity index (χ1n) is 7.44. The normalized spacial score (nSPS) is 11.5. The number of ether oxygens (including phenoxy) is 2. The number of hydrogen-bond acceptors (Lipinski definition) is 5. The molecule has 0 bridgehead atoms. The van der Waals surface area contributed by atoms with Gasteiger partial charge in [0.15, 0.2) is 12.7 Å². The Bertz CT molecular complexity index is 574. The van der Waals surface area contributed by atoms with Crippen LogP contribution >= 0.6 is 0 Å². The summed E-state index contributed by atoms with van der Waals surface area (Å²) < 4.78 is 22.8. The molecule has 1 atom stereocenters. The predicted molar refractivity (Wildman–Crippen MR) is 83.8 cm³/mol. The maximum absolute atomic E-state index is 12.8. The van der Waals surface area contributed by atoms with Gasteiger partial charge in [-0.05, 0) is 37.1 Å². The van der Waals surface area contributed by atoms with Gasteiger partial charge in [-0.25, -0.2) is 14.0 Å². The molecule has 0 aliphatic carbocycles. The van der Waals surface area contributed by atoms with E-state index >= 15 is 0 Å². The fraction of sp³-hybridized carbons (Fsp3) is 0.438. The maximum atomic E-state index is 12.8. The van der Waals surface area contributed by atoms with Crippen LogP contribution in [0.25, 0.3) is 0 Å². The van der Waals surface area contributed by atoms with Crippen LogP contribution in [0, 0.1) is 11.7 Å². The van der Waals surface area contributed by atoms with Crippen molar-refractivity contribution in [2.75, 3.05) is 13.2 Å². The fourth-order valence-electron chi connectivity index (χ4n) is 1.52. The average molecular weight is 340 g/mol. The zero-order chi connectivity index (χ0) is 18.1. The number of hydrogen-bond donors (Lipinski definition) is 2. The molecular formula is C16H21FN2O5. The molecule has 0 unspecified atom stereocenters. The van der Waals surface area contributed by atoms with Crippen LogP contribution in [0.15, 0.2) is 24.3 Å². The van der Waals surface area contributed by atoms with Crippen molar-refractivity contribution in [1.29, 1.82) is 0 Å². The molecule has 0 heterocycles. The van der Waals surface area contributed by atoms with Gasteiger partial charge in [-0.1, -0.05) is 13.8 Å². The monoisotopic (exact) mass is 340 g/mol. The smallest absolute Gasteiger partial charge is 0.347 e. The fourth-order valence-corrected chi connectivity index (χ4v) is 1.52. The first kappa shape index (κ1) is 19.4. The number of halogens is 1. The van der Waals surface area contributed by atoms with E-state index in [9.17, 15) is 18.8 Å². The number of imide groups is 1. The predicted octanol–water partition coefficient (Wildman–Crippen LogP) is 1.62. The van der Waals surface area contributed by atoms with Gasteiger partial charge in [0.2, 0.25) is 0 Å². The second-order valence-electron chi connectivity index (χ2n) is 5.47. The van der Waals surface area contributed by atoms with Crippen molar-refractivity contribution in [3.8, 4) is 5.75 Å². The Balaban J connectivity index is 2.32. The number of carbonyl (C=O) groups excluding carboxylic acids is 3. The van der Waals surface area contributed by atoms with E-state index < -0.39 is 36.4 Å². The SMILES string of the molecule is CC(C)CNC(=O)NC(=O)COC(=O)[C@H](C)Oc1ccc(F)cc1. The Labute approximate surface area is 139 Å². The highest BCUT2D eigenvalue weighted by Gasteiger charge is 2.18. The lowest BCUT2D eigenvalue weighted by Gasteiger charge is -2.14. The van der Waals surface area contributed by atoms with Crippen molar-refractivity contribution in [3.63, 3.8) is 0 Å². The van der Waals surface area contributed by atoms with E-state index in [-0.39, 0.29) is 5.92 Å². The summed E-state index contributed by atoms with van der Waals surface area (Å²) in [6.07, 6.45) is -0.988. The third-order valence-electron chi connectivity index (χ3n) is 2.73. The molecule has 0 saturated carbocycles. The highest BCUT2D eigenvalue weighted by molar-refractivity contribution is 5.95. The van der Waals surface area contributed by atoms with Gasteiger partial charge in [0.05, 0.1) is 0 Å². The molecule has 0 aliphatic rings. The molecule has 0 aromatic heterocycles. The first-order chi connectivity index (χ1) is 11.3. The van der Waals surface area contributed by atoms with Gasteiger partial charge in [-0.2, -0.15) is 0 Å². The largest absolute Gasteiger partial charge is 0.479 e. The summed E-state index contributed by atoms with van der Waals surface area (Å²) in [6.45, 7) is 5.06. The van der Waals surface area contributed by atoms with Crippen LogP contribution in [0.4, 0.5) is 9.18 Å². The standard InChI is InChI=1S/C16H21FN2O5/c1-10(2)8-18-16(22)19-14(20)9-23-15(21)11(3)24-13-6-4-12(17)5-7-13/h4-7,10-11H,8-9H2,1-3H3,(H2,18,19,20,22)/t11-/m0/s1. The summed E-state index contributed by atoms with van der Waals surface area (Å²) >= 11 is 0. The number of amides is 3. The van der Waals surface area contributed by atoms with Gasteiger partial charge in [0.25, 0.3) is 5.91 Å². The zero-order valence-corrected chi connectivity index (χ0v) is 13.8. The van der Waals surface area contributed by atoms with Crippen LogP contribution in [-0.4, -0.2) is 37.2 Å². The number of carbonyl (C=O) groups is 3. The van der Waals surface area contributed by atoms with Gasteiger partial charge in [0, 0.05) is 6.54 Å². The molecule has 1 rings (SSSR count). The van der Waals surface area contributed by atoms with E-state index in [1.807, 2.05) is 19.2 Å². The molecule has 24 heavy (non-hydrogen) atoms. The summed E-state index contributed by atoms with van der Waals surface area (Å²) in [6, 6.07) is 4.46. The molecule has 132 valence electrons. The van der Waals surface area contributed by atoms with Gasteiger partial charge in [-0.3, -0.25) is 10.1 Å². The zero-order valence-electron chi connectivity index (χ0n) is 13.8. The Morgan fingerprint density at radius 1 is 1.12 bits per heavy atom. The molecular weight excluding hydrogens is 319 g/mol. The minimum atomic E-state index is -0.988. The second-order valence-corrected chi connectivity index (χ2v) is 5.47. The van der Waals surface area contributed by atoms with E-state index in [1.165, 1.54) is 31.2 Å². The third-order valence-corrected chi connectivity index (χ3v) is 2.73. The van der Waals surface area contributed by atoms with Crippen LogP contribution in [-0.2, 0) is 14.3 Å². The lowest BCUT2D eigenvalue weighted by Crippen LogP contribution is -2.43. The van der Waals surface area contributed by atoms with Crippen molar-refractivity contribution < 1.29 is 28.2 Å². The molecule has 2 N–H and O–H groups in total. The van der Waals surface area contributed by atoms with Gasteiger partial charge in [-0.15, -0.1) is 0 Å². The van der Waals surface area contributed by atoms with E-state index in [1.54, 1.807) is 0 Å². The molecule has 0 spiro atoms. The van der Waals surface area contributed by atoms with E-state index in [2.05, 4.69) is 5.32 Å². The highest BCUT2D eigenvalue weighted by Crippen LogP contribution is 2.13. The van der Waals surface area contributed by atoms with Crippen LogP contribution in [0.1, 0.15) is 20.8 Å². The number of rotatable bonds is 7. The van der Waals surface area contributed by atoms with Crippen LogP contribution in [0.5, 0.6) is 5.75 Å². The van der Waals surface area contributed by atoms with Crippen LogP contribution < -0.4 is 15.4 Å². The summed E-state index contributed by atoms with van der Waals surface area (Å²) in [5.41, 5.74) is 0. The molecule has 3 amide bonds. The third kappa shape index (κ3) is 7.57. The summed E-state index contributed by atoms with van der Waals surface area (Å²) in [5, 5.41) is 4.53. The Morgan fingerprint density at radius 2 is 1.75 bits per heavy atom. The number of nitrogens with one attached hydrogen (secondary N) is 2. The Morgan fingerprint density at radius 3 is 2.33 bits per heavy atom. The molecule has 1 aromatic carbocycles. The lowest BCUT2D eigenvalue weighted by molar-refractivity contribution is -0.154. The number of urea groups is 1. The summed E-state index contributed by atoms with van der Waals surface area (Å²) in [4.78, 5) is 34.6. The molecule has 8 heteroatoms. The van der Waals surface area contributed by atoms with E-state index in [4.69, 9.17) is 9.47 Å². The highest BCUT2D eigenvalue weighted by atomic mass is 19.1. The molecule has 0 radical (unpaired) electrons. The minimum Gasteiger partial charge on any atom is -0.479 e. The van der Waals surface area contributed by atoms with Crippen LogP contribution in [0.2, 0.25) is 0 Å². The van der Waals surface area contributed by atoms with Gasteiger partial charge >= 0.3 is 12.0 Å². The van der Waals surface area contributed by atoms with Crippen molar-refractivity contribution in [3.05, 3.63) is 30.1 Å². The molecule has 7 nitrogen and oxygen atoms in total. The second kappa shape index (κ2) is 9.49. The minimum absolute atomic E-state index is 0.244. The Kier molecular flexibility index (Phi) is 7.67. The quantitative estimate of drug-likeness (QED) is 0.736. The van der Waals surface area contributed by atoms with Crippen molar-refractivity contribution >= 4 is 17.9 Å². The van der Waals surface area contributed by atoms with Gasteiger partial charge in [0.1, 0.15) is 11.6 Å². The molecule has 0 fully saturated rings. The van der Waals surface area contributed by atoms with Gasteiger partial charge < -0.3 is 14.8 Å².